The van der Waals surface area contributed by atoms with Crippen molar-refractivity contribution in [3.05, 3.63) is 23.6 Å². The summed E-state index contributed by atoms with van der Waals surface area (Å²) in [5, 5.41) is 11.0. The van der Waals surface area contributed by atoms with Crippen LogP contribution in [0.2, 0.25) is 0 Å². The molecule has 0 aliphatic carbocycles. The summed E-state index contributed by atoms with van der Waals surface area (Å²) in [6.07, 6.45) is 3.79. The quantitative estimate of drug-likeness (QED) is 0.417. The van der Waals surface area contributed by atoms with Crippen LogP contribution in [0.4, 0.5) is 0 Å². The van der Waals surface area contributed by atoms with Gasteiger partial charge in [-0.3, -0.25) is 0 Å². The van der Waals surface area contributed by atoms with Gasteiger partial charge in [0.2, 0.25) is 8.40 Å². The Kier molecular flexibility index (Phi) is 0.882. The number of nitrogens with two attached hydrogens (primary N) is 2. The number of hydrogen-bond donors (Lipinski definition) is 2. The molecule has 7 heavy (non-hydrogen) atoms. The van der Waals surface area contributed by atoms with E-state index in [1.165, 1.54) is 0 Å². The molecule has 0 aromatic carbocycles. The maximum Gasteiger partial charge on any atom is 0.247 e. The van der Waals surface area contributed by atoms with Gasteiger partial charge in [0.25, 0.3) is 0 Å². The van der Waals surface area contributed by atoms with Crippen LogP contribution in [0.15, 0.2) is 23.6 Å². The minimum Gasteiger partial charge on any atom is -0.333 e. The lowest BCUT2D eigenvalue weighted by Crippen LogP contribution is -2.51. The standard InChI is InChI=1S/C4H8N2Si/c5-7(6)3-1-2-4-7/h1-4H,5-6H2. The first-order valence-corrected chi connectivity index (χ1v) is 4.46. The van der Waals surface area contributed by atoms with Crippen molar-refractivity contribution in [2.45, 2.75) is 0 Å². The Bertz CT molecular complexity index is 112. The van der Waals surface area contributed by atoms with Crippen LogP contribution < -0.4 is 10.8 Å². The summed E-state index contributed by atoms with van der Waals surface area (Å²) in [7, 11) is -1.90. The van der Waals surface area contributed by atoms with Crippen LogP contribution in [-0.2, 0) is 0 Å². The highest BCUT2D eigenvalue weighted by Gasteiger charge is 2.16. The second-order valence-corrected chi connectivity index (χ2v) is 4.38. The molecule has 0 atom stereocenters. The molecule has 0 spiro atoms. The van der Waals surface area contributed by atoms with E-state index in [9.17, 15) is 0 Å². The molecule has 0 amide bonds. The van der Waals surface area contributed by atoms with Crippen molar-refractivity contribution >= 4 is 8.40 Å². The molecular formula is C4H8N2Si. The van der Waals surface area contributed by atoms with E-state index >= 15 is 0 Å². The van der Waals surface area contributed by atoms with E-state index in [-0.39, 0.29) is 0 Å². The Labute approximate surface area is 43.7 Å². The van der Waals surface area contributed by atoms with Crippen molar-refractivity contribution in [1.82, 2.24) is 0 Å². The second-order valence-electron chi connectivity index (χ2n) is 1.72. The lowest BCUT2D eigenvalue weighted by Gasteiger charge is -2.03. The van der Waals surface area contributed by atoms with E-state index in [1.807, 2.05) is 23.6 Å². The third kappa shape index (κ3) is 0.990. The van der Waals surface area contributed by atoms with Gasteiger partial charge in [-0.1, -0.05) is 23.6 Å². The van der Waals surface area contributed by atoms with Gasteiger partial charge >= 0.3 is 0 Å². The van der Waals surface area contributed by atoms with Gasteiger partial charge in [0.15, 0.2) is 0 Å². The molecule has 0 fully saturated rings. The van der Waals surface area contributed by atoms with Crippen LogP contribution >= 0.6 is 0 Å². The van der Waals surface area contributed by atoms with Crippen LogP contribution in [0.3, 0.4) is 0 Å². The monoisotopic (exact) mass is 112 g/mol. The largest absolute Gasteiger partial charge is 0.333 e. The molecule has 0 saturated heterocycles. The topological polar surface area (TPSA) is 52.0 Å². The first kappa shape index (κ1) is 4.77. The summed E-state index contributed by atoms with van der Waals surface area (Å²) in [6.45, 7) is 0. The summed E-state index contributed by atoms with van der Waals surface area (Å²) in [6, 6.07) is 0. The predicted octanol–water partition coefficient (Wildman–Crippen LogP) is -0.450. The molecular weight excluding hydrogens is 104 g/mol. The molecule has 0 radical (unpaired) electrons. The summed E-state index contributed by atoms with van der Waals surface area (Å²) in [4.78, 5) is 0. The maximum absolute atomic E-state index is 5.52. The minimum absolute atomic E-state index is 1.88. The molecule has 0 saturated carbocycles. The van der Waals surface area contributed by atoms with E-state index in [4.69, 9.17) is 10.8 Å². The molecule has 0 unspecified atom stereocenters. The van der Waals surface area contributed by atoms with Crippen molar-refractivity contribution in [1.29, 1.82) is 0 Å². The van der Waals surface area contributed by atoms with E-state index in [0.29, 0.717) is 0 Å². The smallest absolute Gasteiger partial charge is 0.247 e. The van der Waals surface area contributed by atoms with Gasteiger partial charge in [-0.05, 0) is 0 Å². The highest BCUT2D eigenvalue weighted by molar-refractivity contribution is 6.84. The van der Waals surface area contributed by atoms with Crippen LogP contribution in [0.25, 0.3) is 0 Å². The van der Waals surface area contributed by atoms with Gasteiger partial charge in [-0.2, -0.15) is 0 Å². The van der Waals surface area contributed by atoms with Gasteiger partial charge in [0.1, 0.15) is 0 Å². The molecule has 4 N–H and O–H groups in total. The summed E-state index contributed by atoms with van der Waals surface area (Å²) in [5.74, 6) is 0. The lowest BCUT2D eigenvalue weighted by atomic mass is 10.6. The molecule has 1 aliphatic rings. The Balaban J connectivity index is 2.77. The predicted molar refractivity (Wildman–Crippen MR) is 32.4 cm³/mol. The average molecular weight is 112 g/mol. The second kappa shape index (κ2) is 1.29. The van der Waals surface area contributed by atoms with Crippen molar-refractivity contribution in [3.63, 3.8) is 0 Å². The number of rotatable bonds is 0. The molecule has 0 aromatic rings. The van der Waals surface area contributed by atoms with Crippen molar-refractivity contribution in [3.8, 4) is 0 Å². The normalized spacial score (nSPS) is 23.7. The first-order valence-electron chi connectivity index (χ1n) is 2.15. The maximum atomic E-state index is 5.52. The molecule has 3 heteroatoms. The van der Waals surface area contributed by atoms with Gasteiger partial charge in [-0.25, -0.2) is 0 Å². The molecule has 1 aliphatic heterocycles. The molecule has 2 nitrogen and oxygen atoms in total. The van der Waals surface area contributed by atoms with E-state index in [1.54, 1.807) is 0 Å². The molecule has 0 bridgehead atoms. The summed E-state index contributed by atoms with van der Waals surface area (Å²) < 4.78 is 0. The first-order chi connectivity index (χ1) is 3.21. The SMILES string of the molecule is N[Si]1(N)C=CC=C1. The Morgan fingerprint density at radius 2 is 1.43 bits per heavy atom. The molecule has 1 heterocycles. The van der Waals surface area contributed by atoms with Crippen LogP contribution in [0.1, 0.15) is 0 Å². The van der Waals surface area contributed by atoms with Crippen LogP contribution in [-0.4, -0.2) is 8.40 Å². The zero-order chi connectivity index (χ0) is 5.33. The van der Waals surface area contributed by atoms with E-state index in [0.717, 1.165) is 0 Å². The molecule has 1 rings (SSSR count). The van der Waals surface area contributed by atoms with E-state index < -0.39 is 8.40 Å². The fourth-order valence-corrected chi connectivity index (χ4v) is 1.50. The zero-order valence-electron chi connectivity index (χ0n) is 3.96. The lowest BCUT2D eigenvalue weighted by molar-refractivity contribution is 1.60. The molecule has 38 valence electrons. The van der Waals surface area contributed by atoms with Crippen LogP contribution in [0.5, 0.6) is 0 Å². The minimum atomic E-state index is -1.90. The Hall–Kier alpha value is -0.383. The Morgan fingerprint density at radius 3 is 1.57 bits per heavy atom. The average Bonchev–Trinajstić information content (AvgIpc) is 1.84. The highest BCUT2D eigenvalue weighted by atomic mass is 28.3. The van der Waals surface area contributed by atoms with Crippen molar-refractivity contribution < 1.29 is 0 Å². The van der Waals surface area contributed by atoms with Crippen LogP contribution in [0, 0.1) is 0 Å². The van der Waals surface area contributed by atoms with Crippen molar-refractivity contribution in [2.75, 3.05) is 0 Å². The van der Waals surface area contributed by atoms with Gasteiger partial charge < -0.3 is 10.8 Å². The highest BCUT2D eigenvalue weighted by Crippen LogP contribution is 1.97. The van der Waals surface area contributed by atoms with Gasteiger partial charge in [-0.15, -0.1) is 0 Å². The van der Waals surface area contributed by atoms with Crippen molar-refractivity contribution in [2.24, 2.45) is 10.8 Å². The third-order valence-corrected chi connectivity index (χ3v) is 2.42. The van der Waals surface area contributed by atoms with Gasteiger partial charge in [0.05, 0.1) is 0 Å². The summed E-state index contributed by atoms with van der Waals surface area (Å²) in [5.41, 5.74) is 3.76. The molecule has 0 aromatic heterocycles. The summed E-state index contributed by atoms with van der Waals surface area (Å²) >= 11 is 0. The fourth-order valence-electron chi connectivity index (χ4n) is 0.500. The van der Waals surface area contributed by atoms with E-state index in [2.05, 4.69) is 0 Å². The van der Waals surface area contributed by atoms with Gasteiger partial charge in [0, 0.05) is 0 Å². The number of hydrogen-bond acceptors (Lipinski definition) is 2. The zero-order valence-corrected chi connectivity index (χ0v) is 4.96. The Morgan fingerprint density at radius 1 is 1.00 bits per heavy atom. The number of allylic oxidation sites excluding steroid dienone is 2. The third-order valence-electron chi connectivity index (χ3n) is 0.881. The fraction of sp³-hybridized carbons (Fsp3) is 0.